The molecular formula is C10H25NS. The topological polar surface area (TPSA) is 12.0 Å². The monoisotopic (exact) mass is 191 g/mol. The van der Waals surface area contributed by atoms with E-state index in [1.54, 1.807) is 0 Å². The summed E-state index contributed by atoms with van der Waals surface area (Å²) in [7, 11) is 0. The van der Waals surface area contributed by atoms with Crippen molar-refractivity contribution in [3.63, 3.8) is 0 Å². The highest BCUT2D eigenvalue weighted by molar-refractivity contribution is 7.99. The highest BCUT2D eigenvalue weighted by Gasteiger charge is 2.20. The van der Waals surface area contributed by atoms with Crippen LogP contribution in [0.3, 0.4) is 0 Å². The minimum Gasteiger partial charge on any atom is -0.307 e. The second-order valence-corrected chi connectivity index (χ2v) is 4.07. The first-order chi connectivity index (χ1) is 5.71. The van der Waals surface area contributed by atoms with E-state index < -0.39 is 0 Å². The third-order valence-corrected chi connectivity index (χ3v) is 2.69. The summed E-state index contributed by atoms with van der Waals surface area (Å²) in [5.74, 6) is 2.45. The van der Waals surface area contributed by atoms with Gasteiger partial charge in [-0.25, -0.2) is 0 Å². The van der Waals surface area contributed by atoms with E-state index in [2.05, 4.69) is 19.2 Å². The molecule has 1 heterocycles. The van der Waals surface area contributed by atoms with Crippen LogP contribution >= 0.6 is 11.8 Å². The van der Waals surface area contributed by atoms with Gasteiger partial charge >= 0.3 is 0 Å². The molecule has 1 N–H and O–H groups in total. The first-order valence-corrected chi connectivity index (χ1v) is 6.15. The summed E-state index contributed by atoms with van der Waals surface area (Å²) in [6.45, 7) is 13.8. The molecule has 1 nitrogen and oxygen atoms in total. The van der Waals surface area contributed by atoms with Crippen LogP contribution in [0.15, 0.2) is 0 Å². The van der Waals surface area contributed by atoms with Crippen LogP contribution < -0.4 is 5.32 Å². The summed E-state index contributed by atoms with van der Waals surface area (Å²) in [6, 6.07) is 0. The van der Waals surface area contributed by atoms with Crippen molar-refractivity contribution in [2.45, 2.75) is 41.5 Å². The number of hydrogen-bond donors (Lipinski definition) is 1. The van der Waals surface area contributed by atoms with Crippen LogP contribution in [0.4, 0.5) is 0 Å². The Bertz CT molecular complexity index is 73.9. The molecule has 0 saturated carbocycles. The van der Waals surface area contributed by atoms with Gasteiger partial charge < -0.3 is 5.32 Å². The van der Waals surface area contributed by atoms with Crippen molar-refractivity contribution < 1.29 is 0 Å². The van der Waals surface area contributed by atoms with Gasteiger partial charge in [-0.2, -0.15) is 0 Å². The zero-order valence-electron chi connectivity index (χ0n) is 9.53. The smallest absolute Gasteiger partial charge is 0.0418 e. The third kappa shape index (κ3) is 8.41. The van der Waals surface area contributed by atoms with Gasteiger partial charge in [-0.1, -0.05) is 41.5 Å². The molecule has 1 rings (SSSR count). The van der Waals surface area contributed by atoms with Gasteiger partial charge in [0, 0.05) is 18.2 Å². The number of nitrogens with one attached hydrogen (secondary N) is 1. The highest BCUT2D eigenvalue weighted by atomic mass is 32.2. The van der Waals surface area contributed by atoms with E-state index in [1.165, 1.54) is 12.3 Å². The predicted molar refractivity (Wildman–Crippen MR) is 61.8 cm³/mol. The summed E-state index contributed by atoms with van der Waals surface area (Å²) < 4.78 is 0. The van der Waals surface area contributed by atoms with E-state index in [4.69, 9.17) is 0 Å². The zero-order chi connectivity index (χ0) is 10.0. The molecule has 1 fully saturated rings. The molecule has 0 bridgehead atoms. The Kier molecular flexibility index (Phi) is 11.6. The Labute approximate surface area is 82.7 Å². The molecule has 0 atom stereocenters. The molecule has 1 aliphatic heterocycles. The van der Waals surface area contributed by atoms with Crippen molar-refractivity contribution in [1.29, 1.82) is 0 Å². The largest absolute Gasteiger partial charge is 0.307 e. The average Bonchev–Trinajstić information content (AvgIpc) is 2.11. The van der Waals surface area contributed by atoms with Crippen molar-refractivity contribution in [2.75, 3.05) is 18.2 Å². The van der Waals surface area contributed by atoms with Gasteiger partial charge in [0.05, 0.1) is 0 Å². The summed E-state index contributed by atoms with van der Waals surface area (Å²) in [6.07, 6.45) is 0. The van der Waals surface area contributed by atoms with E-state index in [1.807, 2.05) is 39.5 Å². The minimum absolute atomic E-state index is 0.531. The van der Waals surface area contributed by atoms with Crippen molar-refractivity contribution in [3.8, 4) is 0 Å². The van der Waals surface area contributed by atoms with Crippen LogP contribution in [0.2, 0.25) is 0 Å². The molecule has 0 spiro atoms. The van der Waals surface area contributed by atoms with Gasteiger partial charge in [-0.3, -0.25) is 0 Å². The third-order valence-electron chi connectivity index (χ3n) is 1.30. The van der Waals surface area contributed by atoms with Gasteiger partial charge in [0.15, 0.2) is 0 Å². The highest BCUT2D eigenvalue weighted by Crippen LogP contribution is 2.23. The SMILES string of the molecule is CC.CC.CC1(C)CNCSC1. The van der Waals surface area contributed by atoms with E-state index >= 15 is 0 Å². The Hall–Kier alpha value is 0.310. The quantitative estimate of drug-likeness (QED) is 0.630. The number of thioether (sulfide) groups is 1. The Morgan fingerprint density at radius 2 is 1.58 bits per heavy atom. The van der Waals surface area contributed by atoms with E-state index in [9.17, 15) is 0 Å². The summed E-state index contributed by atoms with van der Waals surface area (Å²) in [5.41, 5.74) is 0.531. The van der Waals surface area contributed by atoms with Gasteiger partial charge in [0.2, 0.25) is 0 Å². The molecule has 0 aromatic carbocycles. The fourth-order valence-corrected chi connectivity index (χ4v) is 1.84. The van der Waals surface area contributed by atoms with Gasteiger partial charge in [-0.05, 0) is 5.41 Å². The lowest BCUT2D eigenvalue weighted by molar-refractivity contribution is 0.390. The summed E-state index contributed by atoms with van der Waals surface area (Å²) in [4.78, 5) is 0. The lowest BCUT2D eigenvalue weighted by atomic mass is 9.97. The summed E-state index contributed by atoms with van der Waals surface area (Å²) >= 11 is 1.99. The molecule has 0 aromatic heterocycles. The molecule has 0 amide bonds. The second-order valence-electron chi connectivity index (χ2n) is 3.08. The molecule has 0 aromatic rings. The van der Waals surface area contributed by atoms with Crippen LogP contribution in [0.25, 0.3) is 0 Å². The zero-order valence-corrected chi connectivity index (χ0v) is 10.3. The minimum atomic E-state index is 0.531. The number of hydrogen-bond acceptors (Lipinski definition) is 2. The first kappa shape index (κ1) is 14.8. The molecule has 0 radical (unpaired) electrons. The van der Waals surface area contributed by atoms with Crippen molar-refractivity contribution in [2.24, 2.45) is 5.41 Å². The van der Waals surface area contributed by atoms with Crippen molar-refractivity contribution in [3.05, 3.63) is 0 Å². The number of rotatable bonds is 0. The molecule has 1 aliphatic rings. The molecule has 0 unspecified atom stereocenters. The standard InChI is InChI=1S/C6H13NS.2C2H6/c1-6(2)3-7-5-8-4-6;2*1-2/h7H,3-5H2,1-2H3;2*1-2H3. The maximum absolute atomic E-state index is 3.34. The van der Waals surface area contributed by atoms with E-state index in [0.717, 1.165) is 5.88 Å². The maximum atomic E-state index is 3.34. The molecule has 0 aliphatic carbocycles. The van der Waals surface area contributed by atoms with Crippen LogP contribution in [0.1, 0.15) is 41.5 Å². The van der Waals surface area contributed by atoms with Crippen LogP contribution in [-0.4, -0.2) is 18.2 Å². The maximum Gasteiger partial charge on any atom is 0.0418 e. The lowest BCUT2D eigenvalue weighted by Gasteiger charge is -2.29. The van der Waals surface area contributed by atoms with Gasteiger partial charge in [-0.15, -0.1) is 11.8 Å². The van der Waals surface area contributed by atoms with E-state index in [0.29, 0.717) is 5.41 Å². The molecule has 2 heteroatoms. The molecular weight excluding hydrogens is 166 g/mol. The Morgan fingerprint density at radius 1 is 1.08 bits per heavy atom. The predicted octanol–water partition coefficient (Wildman–Crippen LogP) is 3.36. The molecule has 76 valence electrons. The second kappa shape index (κ2) is 9.40. The first-order valence-electron chi connectivity index (χ1n) is 4.99. The normalized spacial score (nSPS) is 19.5. The summed E-state index contributed by atoms with van der Waals surface area (Å²) in [5, 5.41) is 3.34. The van der Waals surface area contributed by atoms with Crippen LogP contribution in [0, 0.1) is 5.41 Å². The Morgan fingerprint density at radius 3 is 1.75 bits per heavy atom. The fourth-order valence-electron chi connectivity index (χ4n) is 0.840. The van der Waals surface area contributed by atoms with Gasteiger partial charge in [0.1, 0.15) is 0 Å². The van der Waals surface area contributed by atoms with Crippen LogP contribution in [0.5, 0.6) is 0 Å². The van der Waals surface area contributed by atoms with Crippen molar-refractivity contribution >= 4 is 11.8 Å². The molecule has 12 heavy (non-hydrogen) atoms. The fraction of sp³-hybridized carbons (Fsp3) is 1.00. The molecule has 1 saturated heterocycles. The lowest BCUT2D eigenvalue weighted by Crippen LogP contribution is -2.36. The van der Waals surface area contributed by atoms with Gasteiger partial charge in [0.25, 0.3) is 0 Å². The van der Waals surface area contributed by atoms with E-state index in [-0.39, 0.29) is 0 Å². The van der Waals surface area contributed by atoms with Crippen molar-refractivity contribution in [1.82, 2.24) is 5.32 Å². The Balaban J connectivity index is 0. The average molecular weight is 191 g/mol. The van der Waals surface area contributed by atoms with Crippen LogP contribution in [-0.2, 0) is 0 Å².